The maximum absolute atomic E-state index is 5.22. The molecule has 0 aliphatic carbocycles. The first-order valence-corrected chi connectivity index (χ1v) is 7.38. The van der Waals surface area contributed by atoms with E-state index in [0.717, 1.165) is 24.3 Å². The number of anilines is 1. The average Bonchev–Trinajstić information content (AvgIpc) is 3.19. The van der Waals surface area contributed by atoms with Crippen molar-refractivity contribution >= 4 is 17.9 Å². The highest BCUT2D eigenvalue weighted by Crippen LogP contribution is 2.21. The van der Waals surface area contributed by atoms with Gasteiger partial charge in [0.15, 0.2) is 0 Å². The van der Waals surface area contributed by atoms with Gasteiger partial charge in [-0.1, -0.05) is 0 Å². The van der Waals surface area contributed by atoms with E-state index in [-0.39, 0.29) is 5.96 Å². The van der Waals surface area contributed by atoms with Crippen LogP contribution in [-0.2, 0) is 0 Å². The van der Waals surface area contributed by atoms with Crippen LogP contribution in [0.5, 0.6) is 0 Å². The van der Waals surface area contributed by atoms with Crippen LogP contribution in [0.1, 0.15) is 18.4 Å². The van der Waals surface area contributed by atoms with Crippen molar-refractivity contribution in [3.63, 3.8) is 0 Å². The normalized spacial score (nSPS) is 14.6. The molecule has 6 nitrogen and oxygen atoms in total. The lowest BCUT2D eigenvalue weighted by Gasteiger charge is -2.17. The summed E-state index contributed by atoms with van der Waals surface area (Å²) in [5.41, 5.74) is 13.8. The Morgan fingerprint density at radius 3 is 2.36 bits per heavy atom. The molecule has 114 valence electrons. The summed E-state index contributed by atoms with van der Waals surface area (Å²) < 4.78 is 2.05. The van der Waals surface area contributed by atoms with Gasteiger partial charge < -0.3 is 20.9 Å². The van der Waals surface area contributed by atoms with E-state index >= 15 is 0 Å². The van der Waals surface area contributed by atoms with Gasteiger partial charge in [-0.2, -0.15) is 5.10 Å². The van der Waals surface area contributed by atoms with Crippen molar-refractivity contribution in [2.24, 2.45) is 21.7 Å². The van der Waals surface area contributed by atoms with Gasteiger partial charge in [-0.05, 0) is 43.2 Å². The van der Waals surface area contributed by atoms with Crippen molar-refractivity contribution in [3.8, 4) is 5.69 Å². The van der Waals surface area contributed by atoms with E-state index in [9.17, 15) is 0 Å². The van der Waals surface area contributed by atoms with Crippen LogP contribution in [0, 0.1) is 0 Å². The molecule has 1 aromatic carbocycles. The Balaban J connectivity index is 1.72. The van der Waals surface area contributed by atoms with Gasteiger partial charge in [0.2, 0.25) is 5.96 Å². The summed E-state index contributed by atoms with van der Waals surface area (Å²) in [5, 5.41) is 7.39. The lowest BCUT2D eigenvalue weighted by atomic mass is 10.2. The zero-order valence-corrected chi connectivity index (χ0v) is 12.4. The molecular weight excluding hydrogens is 276 g/mol. The number of hydrogen-bond donors (Lipinski definition) is 2. The van der Waals surface area contributed by atoms with Crippen molar-refractivity contribution in [2.45, 2.75) is 12.8 Å². The van der Waals surface area contributed by atoms with Gasteiger partial charge in [-0.25, -0.2) is 0 Å². The molecule has 2 heterocycles. The average molecular weight is 296 g/mol. The number of benzene rings is 1. The van der Waals surface area contributed by atoms with E-state index in [2.05, 4.69) is 39.4 Å². The van der Waals surface area contributed by atoms with Crippen LogP contribution in [-0.4, -0.2) is 29.8 Å². The van der Waals surface area contributed by atoms with Crippen LogP contribution in [0.25, 0.3) is 5.69 Å². The number of aromatic nitrogens is 1. The van der Waals surface area contributed by atoms with Gasteiger partial charge in [0.05, 0.1) is 6.21 Å². The van der Waals surface area contributed by atoms with Gasteiger partial charge in [-0.15, -0.1) is 5.10 Å². The predicted octanol–water partition coefficient (Wildman–Crippen LogP) is 1.68. The second-order valence-electron chi connectivity index (χ2n) is 5.33. The van der Waals surface area contributed by atoms with Crippen LogP contribution >= 0.6 is 0 Å². The molecule has 0 unspecified atom stereocenters. The Hall–Kier alpha value is -2.76. The fourth-order valence-electron chi connectivity index (χ4n) is 2.62. The van der Waals surface area contributed by atoms with Crippen LogP contribution in [0.2, 0.25) is 0 Å². The number of hydrogen-bond acceptors (Lipinski definition) is 3. The Labute approximate surface area is 129 Å². The lowest BCUT2D eigenvalue weighted by Crippen LogP contribution is -2.21. The molecule has 2 aromatic rings. The van der Waals surface area contributed by atoms with E-state index in [0.29, 0.717) is 0 Å². The van der Waals surface area contributed by atoms with Gasteiger partial charge >= 0.3 is 0 Å². The van der Waals surface area contributed by atoms with E-state index in [1.54, 1.807) is 6.21 Å². The maximum atomic E-state index is 5.22. The lowest BCUT2D eigenvalue weighted by molar-refractivity contribution is 0.949. The molecule has 22 heavy (non-hydrogen) atoms. The first-order chi connectivity index (χ1) is 10.7. The summed E-state index contributed by atoms with van der Waals surface area (Å²) >= 11 is 0. The number of nitrogens with zero attached hydrogens (tertiary/aromatic N) is 4. The van der Waals surface area contributed by atoms with Gasteiger partial charge in [-0.3, -0.25) is 0 Å². The van der Waals surface area contributed by atoms with Crippen molar-refractivity contribution in [1.29, 1.82) is 0 Å². The fourth-order valence-corrected chi connectivity index (χ4v) is 2.62. The summed E-state index contributed by atoms with van der Waals surface area (Å²) in [4.78, 5) is 2.42. The third kappa shape index (κ3) is 3.28. The van der Waals surface area contributed by atoms with Crippen LogP contribution in [0.4, 0.5) is 5.69 Å². The summed E-state index contributed by atoms with van der Waals surface area (Å²) in [6.45, 7) is 2.32. The third-order valence-corrected chi connectivity index (χ3v) is 3.71. The largest absolute Gasteiger partial charge is 0.372 e. The molecule has 3 rings (SSSR count). The van der Waals surface area contributed by atoms with Crippen molar-refractivity contribution < 1.29 is 0 Å². The molecular formula is C16H20N6. The van der Waals surface area contributed by atoms with Crippen molar-refractivity contribution in [1.82, 2.24) is 4.57 Å². The molecule has 0 saturated carbocycles. The highest BCUT2D eigenvalue weighted by atomic mass is 15.3. The Bertz CT molecular complexity index is 673. The third-order valence-electron chi connectivity index (χ3n) is 3.71. The molecule has 0 atom stereocenters. The quantitative estimate of drug-likeness (QED) is 0.511. The van der Waals surface area contributed by atoms with Crippen LogP contribution < -0.4 is 16.4 Å². The highest BCUT2D eigenvalue weighted by Gasteiger charge is 2.11. The number of guanidine groups is 1. The van der Waals surface area contributed by atoms with Crippen LogP contribution in [0.15, 0.2) is 52.9 Å². The van der Waals surface area contributed by atoms with Gasteiger partial charge in [0, 0.05) is 42.4 Å². The van der Waals surface area contributed by atoms with E-state index < -0.39 is 0 Å². The standard InChI is InChI=1S/C16H20N6/c17-16(18)20-19-11-13-7-10-22(12-13)15-5-3-14(4-6-15)21-8-1-2-9-21/h3-7,10-12H,1-2,8-9H2,(H4,17,18,20). The fraction of sp³-hybridized carbons (Fsp3) is 0.250. The molecule has 4 N–H and O–H groups in total. The molecule has 6 heteroatoms. The highest BCUT2D eigenvalue weighted by molar-refractivity contribution is 5.81. The van der Waals surface area contributed by atoms with Crippen molar-refractivity contribution in [3.05, 3.63) is 48.3 Å². The first kappa shape index (κ1) is 14.2. The van der Waals surface area contributed by atoms with Crippen molar-refractivity contribution in [2.75, 3.05) is 18.0 Å². The van der Waals surface area contributed by atoms with E-state index in [4.69, 9.17) is 11.5 Å². The Morgan fingerprint density at radius 2 is 1.68 bits per heavy atom. The molecule has 1 aliphatic rings. The summed E-state index contributed by atoms with van der Waals surface area (Å²) in [5.74, 6) is -0.0480. The summed E-state index contributed by atoms with van der Waals surface area (Å²) in [7, 11) is 0. The second-order valence-corrected chi connectivity index (χ2v) is 5.33. The summed E-state index contributed by atoms with van der Waals surface area (Å²) in [6.07, 6.45) is 8.17. The minimum Gasteiger partial charge on any atom is -0.372 e. The monoisotopic (exact) mass is 296 g/mol. The smallest absolute Gasteiger partial charge is 0.211 e. The second kappa shape index (κ2) is 6.34. The number of nitrogens with two attached hydrogens (primary N) is 2. The van der Waals surface area contributed by atoms with E-state index in [1.165, 1.54) is 18.5 Å². The first-order valence-electron chi connectivity index (χ1n) is 7.38. The zero-order chi connectivity index (χ0) is 15.4. The Morgan fingerprint density at radius 1 is 1.00 bits per heavy atom. The Kier molecular flexibility index (Phi) is 4.09. The maximum Gasteiger partial charge on any atom is 0.211 e. The molecule has 0 spiro atoms. The molecule has 1 fully saturated rings. The summed E-state index contributed by atoms with van der Waals surface area (Å²) in [6, 6.07) is 10.6. The molecule has 0 amide bonds. The minimum absolute atomic E-state index is 0.0480. The molecule has 0 bridgehead atoms. The minimum atomic E-state index is -0.0480. The van der Waals surface area contributed by atoms with Crippen LogP contribution in [0.3, 0.4) is 0 Å². The topological polar surface area (TPSA) is 84.9 Å². The van der Waals surface area contributed by atoms with Gasteiger partial charge in [0.1, 0.15) is 0 Å². The predicted molar refractivity (Wildman–Crippen MR) is 90.6 cm³/mol. The zero-order valence-electron chi connectivity index (χ0n) is 12.4. The molecule has 1 aliphatic heterocycles. The SMILES string of the molecule is NC(N)=NN=Cc1ccn(-c2ccc(N3CCCC3)cc2)c1. The molecule has 1 saturated heterocycles. The number of rotatable bonds is 4. The molecule has 0 radical (unpaired) electrons. The van der Waals surface area contributed by atoms with Gasteiger partial charge in [0.25, 0.3) is 0 Å². The van der Waals surface area contributed by atoms with E-state index in [1.807, 2.05) is 23.0 Å². The molecule has 1 aromatic heterocycles.